The summed E-state index contributed by atoms with van der Waals surface area (Å²) in [7, 11) is 1.65. The molecule has 0 saturated carbocycles. The van der Waals surface area contributed by atoms with E-state index in [9.17, 15) is 4.79 Å². The van der Waals surface area contributed by atoms with Crippen LogP contribution in [0, 0.1) is 0 Å². The number of amides is 1. The number of nitrogens with one attached hydrogen (secondary N) is 2. The third-order valence-electron chi connectivity index (χ3n) is 4.15. The molecule has 120 valence electrons. The largest absolute Gasteiger partial charge is 0.496 e. The second kappa shape index (κ2) is 5.77. The summed E-state index contributed by atoms with van der Waals surface area (Å²) >= 11 is 0. The first-order valence-electron chi connectivity index (χ1n) is 7.73. The van der Waals surface area contributed by atoms with E-state index in [4.69, 9.17) is 4.74 Å². The van der Waals surface area contributed by atoms with Crippen molar-refractivity contribution in [2.75, 3.05) is 12.4 Å². The fraction of sp³-hybridized carbons (Fsp3) is 0.105. The van der Waals surface area contributed by atoms with E-state index in [2.05, 4.69) is 10.3 Å². The highest BCUT2D eigenvalue weighted by Crippen LogP contribution is 2.26. The van der Waals surface area contributed by atoms with Crippen LogP contribution in [0.15, 0.2) is 60.9 Å². The first-order valence-corrected chi connectivity index (χ1v) is 7.73. The number of hydrogen-bond donors (Lipinski definition) is 2. The summed E-state index contributed by atoms with van der Waals surface area (Å²) in [6.07, 6.45) is 3.79. The lowest BCUT2D eigenvalue weighted by Crippen LogP contribution is -2.18. The number of ether oxygens (including phenoxy) is 1. The molecule has 0 bridgehead atoms. The van der Waals surface area contributed by atoms with Crippen LogP contribution in [-0.4, -0.2) is 22.6 Å². The second-order valence-corrected chi connectivity index (χ2v) is 5.66. The third-order valence-corrected chi connectivity index (χ3v) is 4.15. The lowest BCUT2D eigenvalue weighted by Gasteiger charge is -2.08. The van der Waals surface area contributed by atoms with E-state index in [1.165, 1.54) is 0 Å². The number of aromatic nitrogens is 2. The average Bonchev–Trinajstić information content (AvgIpc) is 3.21. The van der Waals surface area contributed by atoms with Crippen molar-refractivity contribution in [1.82, 2.24) is 9.55 Å². The minimum Gasteiger partial charge on any atom is -0.496 e. The number of anilines is 1. The molecule has 0 aliphatic carbocycles. The molecule has 0 atom stereocenters. The zero-order valence-corrected chi connectivity index (χ0v) is 13.2. The molecular formula is C19H17N3O2. The molecule has 1 amide bonds. The fourth-order valence-electron chi connectivity index (χ4n) is 2.99. The molecule has 2 heterocycles. The Labute approximate surface area is 138 Å². The monoisotopic (exact) mass is 319 g/mol. The Bertz CT molecular complexity index is 1030. The number of carbonyl (C=O) groups excluding carboxylic acids is 1. The van der Waals surface area contributed by atoms with Crippen LogP contribution >= 0.6 is 0 Å². The number of carbonyl (C=O) groups is 1. The van der Waals surface area contributed by atoms with Crippen LogP contribution in [0.25, 0.3) is 21.8 Å². The Morgan fingerprint density at radius 2 is 2.12 bits per heavy atom. The fourth-order valence-corrected chi connectivity index (χ4v) is 2.99. The zero-order chi connectivity index (χ0) is 16.5. The van der Waals surface area contributed by atoms with Gasteiger partial charge in [-0.15, -0.1) is 0 Å². The van der Waals surface area contributed by atoms with Crippen molar-refractivity contribution in [2.45, 2.75) is 6.54 Å². The van der Waals surface area contributed by atoms with E-state index in [0.717, 1.165) is 33.2 Å². The van der Waals surface area contributed by atoms with Crippen LogP contribution in [0.5, 0.6) is 5.75 Å². The number of aromatic amines is 1. The number of fused-ring (bicyclic) bond motifs is 2. The number of H-pyrrole nitrogens is 1. The quantitative estimate of drug-likeness (QED) is 0.601. The van der Waals surface area contributed by atoms with Gasteiger partial charge in [0.1, 0.15) is 12.3 Å². The Hall–Kier alpha value is -3.21. The predicted octanol–water partition coefficient (Wildman–Crippen LogP) is 3.77. The topological polar surface area (TPSA) is 59.0 Å². The Morgan fingerprint density at radius 1 is 1.21 bits per heavy atom. The highest BCUT2D eigenvalue weighted by Gasteiger charge is 2.09. The maximum atomic E-state index is 12.4. The van der Waals surface area contributed by atoms with Crippen molar-refractivity contribution in [3.05, 3.63) is 60.9 Å². The van der Waals surface area contributed by atoms with Gasteiger partial charge < -0.3 is 19.6 Å². The highest BCUT2D eigenvalue weighted by molar-refractivity contribution is 5.95. The van der Waals surface area contributed by atoms with Gasteiger partial charge in [0.2, 0.25) is 5.91 Å². The molecule has 0 fully saturated rings. The minimum atomic E-state index is -0.0683. The lowest BCUT2D eigenvalue weighted by atomic mass is 10.2. The molecule has 24 heavy (non-hydrogen) atoms. The van der Waals surface area contributed by atoms with Crippen LogP contribution in [0.3, 0.4) is 0 Å². The second-order valence-electron chi connectivity index (χ2n) is 5.66. The molecule has 4 rings (SSSR count). The van der Waals surface area contributed by atoms with Gasteiger partial charge in [-0.2, -0.15) is 0 Å². The van der Waals surface area contributed by atoms with E-state index in [1.54, 1.807) is 7.11 Å². The Kier molecular flexibility index (Phi) is 3.46. The normalized spacial score (nSPS) is 11.0. The van der Waals surface area contributed by atoms with Gasteiger partial charge in [-0.3, -0.25) is 4.79 Å². The molecule has 0 saturated heterocycles. The van der Waals surface area contributed by atoms with E-state index in [1.807, 2.05) is 65.5 Å². The summed E-state index contributed by atoms with van der Waals surface area (Å²) in [4.78, 5) is 15.5. The van der Waals surface area contributed by atoms with Crippen LogP contribution < -0.4 is 10.1 Å². The number of hydrogen-bond acceptors (Lipinski definition) is 2. The van der Waals surface area contributed by atoms with Gasteiger partial charge in [0.05, 0.1) is 12.6 Å². The van der Waals surface area contributed by atoms with Crippen molar-refractivity contribution in [2.24, 2.45) is 0 Å². The van der Waals surface area contributed by atoms with Gasteiger partial charge in [-0.05, 0) is 41.8 Å². The summed E-state index contributed by atoms with van der Waals surface area (Å²) in [5.74, 6) is 0.741. The molecule has 0 unspecified atom stereocenters. The van der Waals surface area contributed by atoms with Crippen molar-refractivity contribution in [3.8, 4) is 5.75 Å². The number of benzene rings is 2. The standard InChI is InChI=1S/C19H17N3O2/c1-24-18-4-2-3-17-15(18)8-10-22(17)12-19(23)21-14-6-5-13-7-9-20-16(13)11-14/h2-11,20H,12H2,1H3,(H,21,23). The smallest absolute Gasteiger partial charge is 0.244 e. The summed E-state index contributed by atoms with van der Waals surface area (Å²) in [5.41, 5.74) is 2.76. The molecule has 0 aliphatic heterocycles. The molecular weight excluding hydrogens is 302 g/mol. The molecule has 5 nitrogen and oxygen atoms in total. The maximum Gasteiger partial charge on any atom is 0.244 e. The number of rotatable bonds is 4. The predicted molar refractivity (Wildman–Crippen MR) is 95.4 cm³/mol. The van der Waals surface area contributed by atoms with Crippen LogP contribution in [0.1, 0.15) is 0 Å². The Morgan fingerprint density at radius 3 is 3.00 bits per heavy atom. The zero-order valence-electron chi connectivity index (χ0n) is 13.2. The molecule has 0 radical (unpaired) electrons. The summed E-state index contributed by atoms with van der Waals surface area (Å²) < 4.78 is 7.27. The highest BCUT2D eigenvalue weighted by atomic mass is 16.5. The van der Waals surface area contributed by atoms with Gasteiger partial charge >= 0.3 is 0 Å². The van der Waals surface area contributed by atoms with E-state index < -0.39 is 0 Å². The van der Waals surface area contributed by atoms with Crippen molar-refractivity contribution < 1.29 is 9.53 Å². The van der Waals surface area contributed by atoms with Gasteiger partial charge in [0.25, 0.3) is 0 Å². The molecule has 2 aromatic carbocycles. The molecule has 2 N–H and O–H groups in total. The summed E-state index contributed by atoms with van der Waals surface area (Å²) in [6, 6.07) is 15.6. The van der Waals surface area contributed by atoms with Crippen LogP contribution in [-0.2, 0) is 11.3 Å². The maximum absolute atomic E-state index is 12.4. The molecule has 0 aliphatic rings. The molecule has 0 spiro atoms. The van der Waals surface area contributed by atoms with Crippen LogP contribution in [0.2, 0.25) is 0 Å². The van der Waals surface area contributed by atoms with Gasteiger partial charge in [-0.1, -0.05) is 12.1 Å². The molecule has 4 aromatic rings. The third kappa shape index (κ3) is 2.50. The van der Waals surface area contributed by atoms with Gasteiger partial charge in [0.15, 0.2) is 0 Å². The van der Waals surface area contributed by atoms with E-state index in [-0.39, 0.29) is 12.5 Å². The van der Waals surface area contributed by atoms with Crippen molar-refractivity contribution >= 4 is 33.4 Å². The number of methoxy groups -OCH3 is 1. The first-order chi connectivity index (χ1) is 11.7. The molecule has 5 heteroatoms. The van der Waals surface area contributed by atoms with Crippen LogP contribution in [0.4, 0.5) is 5.69 Å². The average molecular weight is 319 g/mol. The van der Waals surface area contributed by atoms with E-state index >= 15 is 0 Å². The first kappa shape index (κ1) is 14.4. The Balaban J connectivity index is 1.55. The van der Waals surface area contributed by atoms with Gasteiger partial charge in [0, 0.05) is 29.0 Å². The summed E-state index contributed by atoms with van der Waals surface area (Å²) in [6.45, 7) is 0.249. The van der Waals surface area contributed by atoms with Gasteiger partial charge in [-0.25, -0.2) is 0 Å². The van der Waals surface area contributed by atoms with Crippen molar-refractivity contribution in [3.63, 3.8) is 0 Å². The summed E-state index contributed by atoms with van der Waals surface area (Å²) in [5, 5.41) is 5.07. The minimum absolute atomic E-state index is 0.0683. The van der Waals surface area contributed by atoms with E-state index in [0.29, 0.717) is 0 Å². The lowest BCUT2D eigenvalue weighted by molar-refractivity contribution is -0.116. The SMILES string of the molecule is COc1cccc2c1ccn2CC(=O)Nc1ccc2cc[nH]c2c1. The van der Waals surface area contributed by atoms with Crippen molar-refractivity contribution in [1.29, 1.82) is 0 Å². The molecule has 2 aromatic heterocycles. The number of nitrogens with zero attached hydrogens (tertiary/aromatic N) is 1.